The van der Waals surface area contributed by atoms with E-state index in [9.17, 15) is 0 Å². The van der Waals surface area contributed by atoms with Crippen LogP contribution in [-0.2, 0) is 12.0 Å². The number of thiazole rings is 1. The minimum Gasteiger partial charge on any atom is -0.357 e. The molecule has 0 spiro atoms. The third kappa shape index (κ3) is 7.09. The molecule has 160 valence electrons. The highest BCUT2D eigenvalue weighted by atomic mass is 127. The summed E-state index contributed by atoms with van der Waals surface area (Å²) in [4.78, 5) is 16.3. The van der Waals surface area contributed by atoms with Crippen LogP contribution in [0.1, 0.15) is 51.2 Å². The molecule has 1 saturated heterocycles. The van der Waals surface area contributed by atoms with Gasteiger partial charge in [-0.2, -0.15) is 0 Å². The van der Waals surface area contributed by atoms with Crippen LogP contribution in [0.15, 0.2) is 34.8 Å². The Morgan fingerprint density at radius 3 is 2.62 bits per heavy atom. The maximum absolute atomic E-state index is 4.77. The first-order valence-corrected chi connectivity index (χ1v) is 11.0. The highest BCUT2D eigenvalue weighted by Crippen LogP contribution is 2.24. The molecule has 0 aromatic carbocycles. The van der Waals surface area contributed by atoms with E-state index in [1.165, 1.54) is 0 Å². The van der Waals surface area contributed by atoms with Gasteiger partial charge in [-0.15, -0.1) is 35.3 Å². The van der Waals surface area contributed by atoms with E-state index in [1.807, 2.05) is 18.3 Å². The zero-order valence-corrected chi connectivity index (χ0v) is 21.0. The molecule has 0 amide bonds. The lowest BCUT2D eigenvalue weighted by atomic mass is 9.93. The Bertz CT molecular complexity index is 763. The fraction of sp³-hybridized carbons (Fsp3) is 0.571. The number of pyridine rings is 1. The Balaban J connectivity index is 0.00000300. The number of rotatable bonds is 5. The SMILES string of the molecule is CCNC(=NCc1nc(C(C)(C)C)cs1)NC1CCN(c2ccccn2)CC1.I. The van der Waals surface area contributed by atoms with Crippen molar-refractivity contribution in [2.75, 3.05) is 24.5 Å². The number of hydrogen-bond donors (Lipinski definition) is 2. The molecule has 0 atom stereocenters. The van der Waals surface area contributed by atoms with Gasteiger partial charge in [0.1, 0.15) is 10.8 Å². The van der Waals surface area contributed by atoms with Crippen molar-refractivity contribution in [3.05, 3.63) is 40.5 Å². The first-order valence-electron chi connectivity index (χ1n) is 10.1. The van der Waals surface area contributed by atoms with E-state index >= 15 is 0 Å². The standard InChI is InChI=1S/C21H32N6S.HI/c1-5-22-20(24-14-19-26-17(15-28-19)21(2,3)4)25-16-9-12-27(13-10-16)18-8-6-7-11-23-18;/h6-8,11,15-16H,5,9-10,12-14H2,1-4H3,(H2,22,24,25);1H. The van der Waals surface area contributed by atoms with Gasteiger partial charge in [0.2, 0.25) is 0 Å². The molecule has 1 fully saturated rings. The first-order chi connectivity index (χ1) is 13.5. The second-order valence-electron chi connectivity index (χ2n) is 8.17. The van der Waals surface area contributed by atoms with Crippen LogP contribution in [0.5, 0.6) is 0 Å². The van der Waals surface area contributed by atoms with Crippen LogP contribution in [0.4, 0.5) is 5.82 Å². The summed E-state index contributed by atoms with van der Waals surface area (Å²) in [6, 6.07) is 6.52. The molecule has 2 aromatic heterocycles. The van der Waals surface area contributed by atoms with Gasteiger partial charge in [-0.05, 0) is 31.9 Å². The van der Waals surface area contributed by atoms with Crippen molar-refractivity contribution < 1.29 is 0 Å². The summed E-state index contributed by atoms with van der Waals surface area (Å²) < 4.78 is 0. The van der Waals surface area contributed by atoms with E-state index in [2.05, 4.69) is 59.7 Å². The van der Waals surface area contributed by atoms with Crippen molar-refractivity contribution in [2.45, 2.75) is 58.5 Å². The van der Waals surface area contributed by atoms with Gasteiger partial charge in [0.15, 0.2) is 5.96 Å². The van der Waals surface area contributed by atoms with Crippen LogP contribution in [0.25, 0.3) is 0 Å². The fourth-order valence-corrected chi connectivity index (χ4v) is 4.13. The first kappa shape index (κ1) is 23.9. The molecule has 29 heavy (non-hydrogen) atoms. The fourth-order valence-electron chi connectivity index (χ4n) is 3.18. The zero-order valence-electron chi connectivity index (χ0n) is 17.8. The van der Waals surface area contributed by atoms with E-state index in [-0.39, 0.29) is 29.4 Å². The van der Waals surface area contributed by atoms with Gasteiger partial charge in [0.25, 0.3) is 0 Å². The van der Waals surface area contributed by atoms with Crippen molar-refractivity contribution in [2.24, 2.45) is 4.99 Å². The van der Waals surface area contributed by atoms with Gasteiger partial charge in [0, 0.05) is 42.7 Å². The average Bonchev–Trinajstić information content (AvgIpc) is 3.17. The summed E-state index contributed by atoms with van der Waals surface area (Å²) in [5, 5.41) is 10.2. The molecule has 8 heteroatoms. The van der Waals surface area contributed by atoms with Gasteiger partial charge in [-0.25, -0.2) is 15.0 Å². The second kappa shape index (κ2) is 11.1. The maximum atomic E-state index is 4.77. The highest BCUT2D eigenvalue weighted by molar-refractivity contribution is 14.0. The lowest BCUT2D eigenvalue weighted by Crippen LogP contribution is -2.48. The number of piperidine rings is 1. The summed E-state index contributed by atoms with van der Waals surface area (Å²) in [6.07, 6.45) is 4.01. The van der Waals surface area contributed by atoms with Crippen molar-refractivity contribution in [3.8, 4) is 0 Å². The van der Waals surface area contributed by atoms with E-state index in [1.54, 1.807) is 11.3 Å². The summed E-state index contributed by atoms with van der Waals surface area (Å²) in [7, 11) is 0. The molecule has 1 aliphatic heterocycles. The monoisotopic (exact) mass is 528 g/mol. The van der Waals surface area contributed by atoms with Crippen LogP contribution < -0.4 is 15.5 Å². The van der Waals surface area contributed by atoms with Gasteiger partial charge in [0.05, 0.1) is 12.2 Å². The molecule has 0 saturated carbocycles. The Kier molecular flexibility index (Phi) is 9.13. The second-order valence-corrected chi connectivity index (χ2v) is 9.11. The van der Waals surface area contributed by atoms with Crippen molar-refractivity contribution in [1.29, 1.82) is 0 Å². The number of anilines is 1. The minimum absolute atomic E-state index is 0. The largest absolute Gasteiger partial charge is 0.357 e. The van der Waals surface area contributed by atoms with E-state index < -0.39 is 0 Å². The topological polar surface area (TPSA) is 65.4 Å². The summed E-state index contributed by atoms with van der Waals surface area (Å²) >= 11 is 1.69. The number of guanidine groups is 1. The van der Waals surface area contributed by atoms with Crippen LogP contribution in [0.2, 0.25) is 0 Å². The van der Waals surface area contributed by atoms with Crippen LogP contribution >= 0.6 is 35.3 Å². The smallest absolute Gasteiger partial charge is 0.191 e. The minimum atomic E-state index is 0. The number of halogens is 1. The molecular weight excluding hydrogens is 495 g/mol. The molecular formula is C21H33IN6S. The van der Waals surface area contributed by atoms with Crippen LogP contribution in [0, 0.1) is 0 Å². The zero-order chi connectivity index (χ0) is 20.0. The molecule has 6 nitrogen and oxygen atoms in total. The molecule has 0 bridgehead atoms. The molecule has 3 rings (SSSR count). The third-order valence-corrected chi connectivity index (χ3v) is 5.68. The Hall–Kier alpha value is -1.42. The normalized spacial score (nSPS) is 15.7. The third-order valence-electron chi connectivity index (χ3n) is 4.85. The molecule has 2 aromatic rings. The number of nitrogens with one attached hydrogen (secondary N) is 2. The average molecular weight is 529 g/mol. The Labute approximate surface area is 195 Å². The summed E-state index contributed by atoms with van der Waals surface area (Å²) in [5.41, 5.74) is 1.23. The lowest BCUT2D eigenvalue weighted by Gasteiger charge is -2.33. The van der Waals surface area contributed by atoms with Gasteiger partial charge in [-0.1, -0.05) is 26.8 Å². The number of aromatic nitrogens is 2. The molecule has 0 aliphatic carbocycles. The van der Waals surface area contributed by atoms with Crippen molar-refractivity contribution in [1.82, 2.24) is 20.6 Å². The van der Waals surface area contributed by atoms with E-state index in [0.717, 1.165) is 55.0 Å². The highest BCUT2D eigenvalue weighted by Gasteiger charge is 2.21. The maximum Gasteiger partial charge on any atom is 0.191 e. The lowest BCUT2D eigenvalue weighted by molar-refractivity contribution is 0.459. The molecule has 2 N–H and O–H groups in total. The van der Waals surface area contributed by atoms with E-state index in [0.29, 0.717) is 12.6 Å². The molecule has 0 radical (unpaired) electrons. The van der Waals surface area contributed by atoms with Gasteiger partial charge < -0.3 is 15.5 Å². The van der Waals surface area contributed by atoms with Crippen LogP contribution in [-0.4, -0.2) is 41.6 Å². The van der Waals surface area contributed by atoms with Crippen molar-refractivity contribution >= 4 is 47.1 Å². The number of hydrogen-bond acceptors (Lipinski definition) is 5. The molecule has 0 unspecified atom stereocenters. The van der Waals surface area contributed by atoms with E-state index in [4.69, 9.17) is 9.98 Å². The predicted molar refractivity (Wildman–Crippen MR) is 134 cm³/mol. The van der Waals surface area contributed by atoms with Gasteiger partial charge >= 0.3 is 0 Å². The number of nitrogens with zero attached hydrogens (tertiary/aromatic N) is 4. The summed E-state index contributed by atoms with van der Waals surface area (Å²) in [6.45, 7) is 12.2. The Morgan fingerprint density at radius 1 is 1.28 bits per heavy atom. The number of aliphatic imine (C=N–C) groups is 1. The van der Waals surface area contributed by atoms with Crippen LogP contribution in [0.3, 0.4) is 0 Å². The van der Waals surface area contributed by atoms with Crippen molar-refractivity contribution in [3.63, 3.8) is 0 Å². The summed E-state index contributed by atoms with van der Waals surface area (Å²) in [5.74, 6) is 1.95. The predicted octanol–water partition coefficient (Wildman–Crippen LogP) is 4.18. The quantitative estimate of drug-likeness (QED) is 0.347. The van der Waals surface area contributed by atoms with Gasteiger partial charge in [-0.3, -0.25) is 0 Å². The Morgan fingerprint density at radius 2 is 2.03 bits per heavy atom. The molecule has 1 aliphatic rings. The molecule has 3 heterocycles.